The normalized spacial score (nSPS) is 24.2. The summed E-state index contributed by atoms with van der Waals surface area (Å²) in [5.74, 6) is -1.18. The maximum absolute atomic E-state index is 13.5. The number of nitrogens with zero attached hydrogens (tertiary/aromatic N) is 1. The fourth-order valence-electron chi connectivity index (χ4n) is 6.16. The maximum Gasteiger partial charge on any atom is 0.164 e. The molecule has 6 atom stereocenters. The van der Waals surface area contributed by atoms with Gasteiger partial charge in [0.2, 0.25) is 0 Å². The molecule has 0 aromatic carbocycles. The summed E-state index contributed by atoms with van der Waals surface area (Å²) in [6.45, 7) is 18.0. The van der Waals surface area contributed by atoms with E-state index in [-0.39, 0.29) is 30.0 Å². The third-order valence-corrected chi connectivity index (χ3v) is 9.86. The molecule has 1 aliphatic heterocycles. The van der Waals surface area contributed by atoms with Crippen molar-refractivity contribution in [2.75, 3.05) is 7.11 Å². The summed E-state index contributed by atoms with van der Waals surface area (Å²) in [4.78, 5) is 18.0. The average Bonchev–Trinajstić information content (AvgIpc) is 3.44. The number of aryl methyl sites for hydroxylation is 1. The number of aromatic nitrogens is 1. The number of thiazole rings is 1. The van der Waals surface area contributed by atoms with Crippen molar-refractivity contribution < 1.29 is 24.1 Å². The summed E-state index contributed by atoms with van der Waals surface area (Å²) in [5, 5.41) is 14.4. The molecule has 0 bridgehead atoms. The molecule has 1 aliphatic carbocycles. The number of carbonyl (C=O) groups excluding carboxylic acids is 1. The molecule has 2 aliphatic rings. The van der Waals surface area contributed by atoms with Crippen LogP contribution in [0.5, 0.6) is 0 Å². The van der Waals surface area contributed by atoms with E-state index in [2.05, 4.69) is 42.4 Å². The fourth-order valence-corrected chi connectivity index (χ4v) is 6.73. The molecule has 1 N–H and O–H groups in total. The molecule has 0 radical (unpaired) electrons. The van der Waals surface area contributed by atoms with Crippen LogP contribution in [0.1, 0.15) is 111 Å². The van der Waals surface area contributed by atoms with Crippen molar-refractivity contribution in [2.24, 2.45) is 17.3 Å². The number of hydrogen-bond acceptors (Lipinski definition) is 7. The van der Waals surface area contributed by atoms with Gasteiger partial charge < -0.3 is 19.3 Å². The zero-order valence-corrected chi connectivity index (χ0v) is 28.5. The van der Waals surface area contributed by atoms with Crippen LogP contribution in [0, 0.1) is 24.2 Å². The first-order valence-electron chi connectivity index (χ1n) is 15.7. The van der Waals surface area contributed by atoms with Gasteiger partial charge in [0.05, 0.1) is 29.0 Å². The van der Waals surface area contributed by atoms with Gasteiger partial charge in [-0.2, -0.15) is 0 Å². The van der Waals surface area contributed by atoms with E-state index in [1.54, 1.807) is 18.4 Å². The lowest BCUT2D eigenvalue weighted by atomic mass is 9.74. The third-order valence-electron chi connectivity index (χ3n) is 9.07. The molecule has 1 aromatic rings. The Bertz CT molecular complexity index is 1140. The molecule has 0 spiro atoms. The minimum absolute atomic E-state index is 0.0726. The minimum atomic E-state index is -0.751. The standard InChI is InChI=1S/C35H55NO5S/c1-22(16-17-29(39-10)23(2)19-28-21-42-26(5)36-28)32-30(40-35(8,9)41-32)20-24(3)31(37)25(4)33(38)34(6,7)18-12-15-27-13-11-14-27/h15-16,19,21,24-25,29-32,37H,11-14,17-18,20H2,1-10H3/b22-16-,23-19+. The second kappa shape index (κ2) is 14.9. The molecule has 7 heteroatoms. The van der Waals surface area contributed by atoms with Crippen molar-refractivity contribution in [2.45, 2.75) is 137 Å². The average molecular weight is 602 g/mol. The lowest BCUT2D eigenvalue weighted by molar-refractivity contribution is -0.147. The van der Waals surface area contributed by atoms with E-state index in [1.165, 1.54) is 24.8 Å². The van der Waals surface area contributed by atoms with E-state index in [1.807, 2.05) is 48.5 Å². The van der Waals surface area contributed by atoms with Crippen LogP contribution in [0.15, 0.2) is 34.3 Å². The van der Waals surface area contributed by atoms with Gasteiger partial charge in [-0.3, -0.25) is 4.79 Å². The molecule has 0 amide bonds. The highest BCUT2D eigenvalue weighted by Crippen LogP contribution is 2.38. The highest BCUT2D eigenvalue weighted by Gasteiger charge is 2.44. The number of rotatable bonds is 15. The Hall–Kier alpha value is -1.64. The van der Waals surface area contributed by atoms with Crippen molar-refractivity contribution >= 4 is 23.2 Å². The summed E-state index contributed by atoms with van der Waals surface area (Å²) in [6.07, 6.45) is 12.0. The van der Waals surface area contributed by atoms with Crippen LogP contribution >= 0.6 is 11.3 Å². The second-order valence-corrected chi connectivity index (χ2v) is 14.7. The molecule has 3 rings (SSSR count). The quantitative estimate of drug-likeness (QED) is 0.204. The molecule has 2 fully saturated rings. The predicted molar refractivity (Wildman–Crippen MR) is 172 cm³/mol. The van der Waals surface area contributed by atoms with E-state index in [9.17, 15) is 9.90 Å². The summed E-state index contributed by atoms with van der Waals surface area (Å²) in [6, 6.07) is 0. The molecule has 236 valence electrons. The van der Waals surface area contributed by atoms with E-state index in [0.717, 1.165) is 34.7 Å². The van der Waals surface area contributed by atoms with Crippen molar-refractivity contribution in [1.82, 2.24) is 4.98 Å². The number of Topliss-reactive ketones (excluding diaryl/α,β-unsaturated/α-hetero) is 1. The van der Waals surface area contributed by atoms with Crippen LogP contribution in [0.25, 0.3) is 6.08 Å². The molecule has 1 aromatic heterocycles. The number of hydrogen-bond donors (Lipinski definition) is 1. The number of aliphatic hydroxyl groups excluding tert-OH is 1. The predicted octanol–water partition coefficient (Wildman–Crippen LogP) is 8.24. The molecule has 1 saturated carbocycles. The number of allylic oxidation sites excluding steroid dienone is 2. The number of carbonyl (C=O) groups is 1. The number of ether oxygens (including phenoxy) is 3. The minimum Gasteiger partial charge on any atom is -0.392 e. The Balaban J connectivity index is 1.62. The first-order chi connectivity index (χ1) is 19.6. The number of methoxy groups -OCH3 is 1. The Morgan fingerprint density at radius 1 is 1.26 bits per heavy atom. The molecule has 42 heavy (non-hydrogen) atoms. The van der Waals surface area contributed by atoms with Crippen LogP contribution in [0.3, 0.4) is 0 Å². The largest absolute Gasteiger partial charge is 0.392 e. The Morgan fingerprint density at radius 2 is 1.95 bits per heavy atom. The Kier molecular flexibility index (Phi) is 12.4. The molecule has 2 heterocycles. The molecular formula is C35H55NO5S. The van der Waals surface area contributed by atoms with E-state index < -0.39 is 23.2 Å². The summed E-state index contributed by atoms with van der Waals surface area (Å²) >= 11 is 1.64. The van der Waals surface area contributed by atoms with E-state index in [0.29, 0.717) is 12.8 Å². The van der Waals surface area contributed by atoms with Crippen molar-refractivity contribution in [3.8, 4) is 0 Å². The first-order valence-corrected chi connectivity index (χ1v) is 16.6. The van der Waals surface area contributed by atoms with Gasteiger partial charge in [0.25, 0.3) is 0 Å². The fraction of sp³-hybridized carbons (Fsp3) is 0.714. The van der Waals surface area contributed by atoms with Gasteiger partial charge in [-0.1, -0.05) is 45.4 Å². The van der Waals surface area contributed by atoms with E-state index in [4.69, 9.17) is 14.2 Å². The van der Waals surface area contributed by atoms with Crippen LogP contribution in [-0.2, 0) is 19.0 Å². The second-order valence-electron chi connectivity index (χ2n) is 13.7. The van der Waals surface area contributed by atoms with Gasteiger partial charge in [-0.05, 0) is 103 Å². The van der Waals surface area contributed by atoms with Crippen LogP contribution in [0.4, 0.5) is 0 Å². The lowest BCUT2D eigenvalue weighted by Crippen LogP contribution is -2.40. The number of aliphatic hydroxyl groups is 1. The van der Waals surface area contributed by atoms with Gasteiger partial charge in [0.1, 0.15) is 11.9 Å². The lowest BCUT2D eigenvalue weighted by Gasteiger charge is -2.32. The van der Waals surface area contributed by atoms with Gasteiger partial charge >= 0.3 is 0 Å². The zero-order valence-electron chi connectivity index (χ0n) is 27.7. The van der Waals surface area contributed by atoms with Gasteiger partial charge in [-0.25, -0.2) is 4.98 Å². The van der Waals surface area contributed by atoms with Crippen molar-refractivity contribution in [3.63, 3.8) is 0 Å². The topological polar surface area (TPSA) is 77.9 Å². The third kappa shape index (κ3) is 9.43. The SMILES string of the molecule is COC(C/C=C(/C)C1OC(C)(C)OC1CC(C)C(O)C(C)C(=O)C(C)(C)CCC=C1CCC1)/C(C)=C/c1csc(C)n1. The molecular weight excluding hydrogens is 546 g/mol. The van der Waals surface area contributed by atoms with E-state index >= 15 is 0 Å². The van der Waals surface area contributed by atoms with Crippen molar-refractivity contribution in [1.29, 1.82) is 0 Å². The zero-order chi connectivity index (χ0) is 31.2. The smallest absolute Gasteiger partial charge is 0.164 e. The number of ketones is 1. The first kappa shape index (κ1) is 34.8. The summed E-state index contributed by atoms with van der Waals surface area (Å²) in [7, 11) is 1.73. The Labute approximate surface area is 258 Å². The summed E-state index contributed by atoms with van der Waals surface area (Å²) in [5.41, 5.74) is 4.21. The highest BCUT2D eigenvalue weighted by molar-refractivity contribution is 7.09. The monoisotopic (exact) mass is 601 g/mol. The summed E-state index contributed by atoms with van der Waals surface area (Å²) < 4.78 is 18.5. The van der Waals surface area contributed by atoms with Gasteiger partial charge in [-0.15, -0.1) is 11.3 Å². The van der Waals surface area contributed by atoms with Crippen LogP contribution < -0.4 is 0 Å². The molecule has 1 saturated heterocycles. The van der Waals surface area contributed by atoms with Crippen molar-refractivity contribution in [3.05, 3.63) is 45.0 Å². The van der Waals surface area contributed by atoms with Crippen LogP contribution in [0.2, 0.25) is 0 Å². The Morgan fingerprint density at radius 3 is 2.52 bits per heavy atom. The van der Waals surface area contributed by atoms with Crippen LogP contribution in [-0.4, -0.2) is 53.2 Å². The molecule has 6 unspecified atom stereocenters. The van der Waals surface area contributed by atoms with Gasteiger partial charge in [0.15, 0.2) is 5.79 Å². The van der Waals surface area contributed by atoms with Gasteiger partial charge in [0, 0.05) is 23.8 Å². The highest BCUT2D eigenvalue weighted by atomic mass is 32.1. The maximum atomic E-state index is 13.5. The molecule has 6 nitrogen and oxygen atoms in total.